The number of benzene rings is 2. The van der Waals surface area contributed by atoms with Crippen molar-refractivity contribution >= 4 is 16.5 Å². The second-order valence-electron chi connectivity index (χ2n) is 5.60. The van der Waals surface area contributed by atoms with Crippen LogP contribution in [0.15, 0.2) is 36.4 Å². The van der Waals surface area contributed by atoms with E-state index in [2.05, 4.69) is 29.6 Å². The second-order valence-corrected chi connectivity index (χ2v) is 5.60. The minimum atomic E-state index is -0.116. The van der Waals surface area contributed by atoms with Gasteiger partial charge in [0.1, 0.15) is 5.75 Å². The van der Waals surface area contributed by atoms with Gasteiger partial charge in [0.05, 0.1) is 7.11 Å². The molecule has 0 bridgehead atoms. The van der Waals surface area contributed by atoms with E-state index < -0.39 is 0 Å². The Kier molecular flexibility index (Phi) is 3.96. The van der Waals surface area contributed by atoms with Crippen molar-refractivity contribution < 1.29 is 9.84 Å². The first-order chi connectivity index (χ1) is 9.04. The van der Waals surface area contributed by atoms with Crippen molar-refractivity contribution in [3.05, 3.63) is 36.4 Å². The molecule has 0 radical (unpaired) electrons. The number of hydrogen-bond donors (Lipinski definition) is 2. The molecule has 19 heavy (non-hydrogen) atoms. The highest BCUT2D eigenvalue weighted by Gasteiger charge is 2.15. The van der Waals surface area contributed by atoms with Crippen LogP contribution in [-0.4, -0.2) is 25.4 Å². The molecule has 0 unspecified atom stereocenters. The summed E-state index contributed by atoms with van der Waals surface area (Å²) < 4.78 is 5.22. The molecule has 0 saturated carbocycles. The van der Waals surface area contributed by atoms with Crippen molar-refractivity contribution in [3.63, 3.8) is 0 Å². The first-order valence-corrected chi connectivity index (χ1v) is 6.47. The molecule has 0 spiro atoms. The van der Waals surface area contributed by atoms with Crippen LogP contribution in [0.1, 0.15) is 13.8 Å². The number of methoxy groups -OCH3 is 1. The first kappa shape index (κ1) is 13.7. The Bertz CT molecular complexity index is 564. The van der Waals surface area contributed by atoms with Gasteiger partial charge in [-0.15, -0.1) is 0 Å². The van der Waals surface area contributed by atoms with Crippen molar-refractivity contribution in [1.29, 1.82) is 0 Å². The predicted octanol–water partition coefficient (Wildman–Crippen LogP) is 3.28. The lowest BCUT2D eigenvalue weighted by Crippen LogP contribution is -2.26. The maximum absolute atomic E-state index is 9.25. The Hall–Kier alpha value is -1.74. The summed E-state index contributed by atoms with van der Waals surface area (Å²) in [6.45, 7) is 4.98. The monoisotopic (exact) mass is 259 g/mol. The summed E-state index contributed by atoms with van der Waals surface area (Å²) in [5.74, 6) is 0.870. The normalized spacial score (nSPS) is 11.6. The van der Waals surface area contributed by atoms with Gasteiger partial charge in [-0.3, -0.25) is 0 Å². The molecule has 3 nitrogen and oxygen atoms in total. The minimum Gasteiger partial charge on any atom is -0.497 e. The number of rotatable bonds is 5. The van der Waals surface area contributed by atoms with E-state index >= 15 is 0 Å². The number of hydrogen-bond acceptors (Lipinski definition) is 3. The van der Waals surface area contributed by atoms with Crippen LogP contribution in [0.5, 0.6) is 5.75 Å². The van der Waals surface area contributed by atoms with E-state index in [1.54, 1.807) is 7.11 Å². The zero-order valence-electron chi connectivity index (χ0n) is 11.7. The average Bonchev–Trinajstić information content (AvgIpc) is 2.44. The number of aliphatic hydroxyl groups excluding tert-OH is 1. The van der Waals surface area contributed by atoms with Crippen LogP contribution in [0.25, 0.3) is 10.8 Å². The average molecular weight is 259 g/mol. The van der Waals surface area contributed by atoms with Gasteiger partial charge in [0.2, 0.25) is 0 Å². The molecule has 2 N–H and O–H groups in total. The lowest BCUT2D eigenvalue weighted by Gasteiger charge is -2.22. The number of fused-ring (bicyclic) bond motifs is 1. The number of nitrogens with one attached hydrogen (secondary N) is 1. The van der Waals surface area contributed by atoms with Crippen LogP contribution in [0, 0.1) is 5.41 Å². The summed E-state index contributed by atoms with van der Waals surface area (Å²) in [6.07, 6.45) is 0. The molecule has 2 aromatic carbocycles. The van der Waals surface area contributed by atoms with E-state index in [0.717, 1.165) is 23.4 Å². The summed E-state index contributed by atoms with van der Waals surface area (Å²) in [6, 6.07) is 12.3. The molecule has 0 aliphatic heterocycles. The molecule has 0 aliphatic carbocycles. The maximum atomic E-state index is 9.25. The highest BCUT2D eigenvalue weighted by Crippen LogP contribution is 2.24. The molecule has 0 atom stereocenters. The summed E-state index contributed by atoms with van der Waals surface area (Å²) >= 11 is 0. The van der Waals surface area contributed by atoms with E-state index in [1.807, 2.05) is 26.0 Å². The van der Waals surface area contributed by atoms with Gasteiger partial charge in [-0.1, -0.05) is 26.0 Å². The van der Waals surface area contributed by atoms with Gasteiger partial charge in [0.25, 0.3) is 0 Å². The second kappa shape index (κ2) is 5.49. The highest BCUT2D eigenvalue weighted by molar-refractivity contribution is 5.86. The molecule has 0 saturated heterocycles. The predicted molar refractivity (Wildman–Crippen MR) is 79.9 cm³/mol. The van der Waals surface area contributed by atoms with Gasteiger partial charge in [0, 0.05) is 24.3 Å². The van der Waals surface area contributed by atoms with Crippen LogP contribution < -0.4 is 10.1 Å². The van der Waals surface area contributed by atoms with Crippen molar-refractivity contribution in [2.24, 2.45) is 5.41 Å². The van der Waals surface area contributed by atoms with Crippen molar-refractivity contribution in [2.45, 2.75) is 13.8 Å². The smallest absolute Gasteiger partial charge is 0.119 e. The molecule has 0 heterocycles. The van der Waals surface area contributed by atoms with Crippen molar-refractivity contribution in [1.82, 2.24) is 0 Å². The van der Waals surface area contributed by atoms with E-state index in [0.29, 0.717) is 0 Å². The van der Waals surface area contributed by atoms with Gasteiger partial charge in [-0.25, -0.2) is 0 Å². The van der Waals surface area contributed by atoms with Gasteiger partial charge >= 0.3 is 0 Å². The number of anilines is 1. The van der Waals surface area contributed by atoms with Gasteiger partial charge in [-0.2, -0.15) is 0 Å². The third kappa shape index (κ3) is 3.38. The lowest BCUT2D eigenvalue weighted by atomic mass is 9.95. The van der Waals surface area contributed by atoms with Crippen molar-refractivity contribution in [2.75, 3.05) is 25.6 Å². The molecule has 2 aromatic rings. The van der Waals surface area contributed by atoms with E-state index in [4.69, 9.17) is 4.74 Å². The van der Waals surface area contributed by atoms with Crippen molar-refractivity contribution in [3.8, 4) is 5.75 Å². The molecule has 102 valence electrons. The Labute approximate surface area is 114 Å². The zero-order valence-corrected chi connectivity index (χ0v) is 11.7. The maximum Gasteiger partial charge on any atom is 0.119 e. The molecular weight excluding hydrogens is 238 g/mol. The van der Waals surface area contributed by atoms with E-state index in [-0.39, 0.29) is 12.0 Å². The Balaban J connectivity index is 2.18. The Morgan fingerprint density at radius 2 is 1.79 bits per heavy atom. The summed E-state index contributed by atoms with van der Waals surface area (Å²) in [7, 11) is 1.67. The molecule has 2 rings (SSSR count). The fourth-order valence-corrected chi connectivity index (χ4v) is 1.86. The van der Waals surface area contributed by atoms with Crippen LogP contribution >= 0.6 is 0 Å². The Morgan fingerprint density at radius 3 is 2.47 bits per heavy atom. The number of aliphatic hydroxyl groups is 1. The number of ether oxygens (including phenoxy) is 1. The van der Waals surface area contributed by atoms with E-state index in [9.17, 15) is 5.11 Å². The molecule has 3 heteroatoms. The van der Waals surface area contributed by atoms with Gasteiger partial charge in [0.15, 0.2) is 0 Å². The standard InChI is InChI=1S/C16H21NO2/c1-16(2,11-18)10-17-14-6-4-13-9-15(19-3)7-5-12(13)8-14/h4-9,17-18H,10-11H2,1-3H3. The summed E-state index contributed by atoms with van der Waals surface area (Å²) in [4.78, 5) is 0. The van der Waals surface area contributed by atoms with Crippen LogP contribution in [0.2, 0.25) is 0 Å². The molecule has 0 aliphatic rings. The SMILES string of the molecule is COc1ccc2cc(NCC(C)(C)CO)ccc2c1. The third-order valence-corrected chi connectivity index (χ3v) is 3.25. The highest BCUT2D eigenvalue weighted by atomic mass is 16.5. The van der Waals surface area contributed by atoms with Crippen LogP contribution in [0.4, 0.5) is 5.69 Å². The minimum absolute atomic E-state index is 0.116. The lowest BCUT2D eigenvalue weighted by molar-refractivity contribution is 0.171. The molecule has 0 amide bonds. The molecule has 0 aromatic heterocycles. The van der Waals surface area contributed by atoms with Gasteiger partial charge < -0.3 is 15.2 Å². The third-order valence-electron chi connectivity index (χ3n) is 3.25. The zero-order chi connectivity index (χ0) is 13.9. The molecular formula is C16H21NO2. The summed E-state index contributed by atoms with van der Waals surface area (Å²) in [5.41, 5.74) is 0.952. The van der Waals surface area contributed by atoms with E-state index in [1.165, 1.54) is 5.39 Å². The quantitative estimate of drug-likeness (QED) is 0.866. The van der Waals surface area contributed by atoms with Crippen LogP contribution in [-0.2, 0) is 0 Å². The topological polar surface area (TPSA) is 41.5 Å². The fraction of sp³-hybridized carbons (Fsp3) is 0.375. The molecule has 0 fully saturated rings. The summed E-state index contributed by atoms with van der Waals surface area (Å²) in [5, 5.41) is 14.9. The largest absolute Gasteiger partial charge is 0.497 e. The Morgan fingerprint density at radius 1 is 1.11 bits per heavy atom. The van der Waals surface area contributed by atoms with Crippen LogP contribution in [0.3, 0.4) is 0 Å². The fourth-order valence-electron chi connectivity index (χ4n) is 1.86. The van der Waals surface area contributed by atoms with Gasteiger partial charge in [-0.05, 0) is 35.0 Å². The first-order valence-electron chi connectivity index (χ1n) is 6.47.